The van der Waals surface area contributed by atoms with E-state index in [1.807, 2.05) is 6.92 Å². The highest BCUT2D eigenvalue weighted by molar-refractivity contribution is 9.09. The minimum atomic E-state index is -0.790. The highest BCUT2D eigenvalue weighted by atomic mass is 79.9. The topological polar surface area (TPSA) is 37.3 Å². The van der Waals surface area contributed by atoms with Crippen molar-refractivity contribution in [3.8, 4) is 0 Å². The summed E-state index contributed by atoms with van der Waals surface area (Å²) in [6.07, 6.45) is 4.25. The Labute approximate surface area is 75.4 Å². The van der Waals surface area contributed by atoms with E-state index in [9.17, 15) is 4.79 Å². The van der Waals surface area contributed by atoms with E-state index in [1.54, 1.807) is 6.08 Å². The Morgan fingerprint density at radius 2 is 2.27 bits per heavy atom. The molecule has 0 saturated carbocycles. The molecule has 0 unspecified atom stereocenters. The van der Waals surface area contributed by atoms with Gasteiger partial charge in [-0.2, -0.15) is 0 Å². The van der Waals surface area contributed by atoms with Crippen LogP contribution < -0.4 is 0 Å². The van der Waals surface area contributed by atoms with Crippen LogP contribution in [-0.4, -0.2) is 16.4 Å². The number of rotatable bonds is 5. The highest BCUT2D eigenvalue weighted by Crippen LogP contribution is 2.04. The third-order valence-corrected chi connectivity index (χ3v) is 1.94. The summed E-state index contributed by atoms with van der Waals surface area (Å²) in [4.78, 5) is 10.4. The minimum absolute atomic E-state index is 0.519. The molecule has 0 aliphatic rings. The molecule has 2 nitrogen and oxygen atoms in total. The van der Waals surface area contributed by atoms with Gasteiger partial charge in [0.1, 0.15) is 0 Å². The monoisotopic (exact) mass is 220 g/mol. The number of carboxylic acids is 1. The molecule has 0 radical (unpaired) electrons. The molecule has 0 rings (SSSR count). The van der Waals surface area contributed by atoms with Gasteiger partial charge < -0.3 is 5.11 Å². The molecule has 0 fully saturated rings. The summed E-state index contributed by atoms with van der Waals surface area (Å²) in [5.41, 5.74) is 0.519. The van der Waals surface area contributed by atoms with Crippen molar-refractivity contribution in [1.29, 1.82) is 0 Å². The molecule has 1 N–H and O–H groups in total. The van der Waals surface area contributed by atoms with Crippen LogP contribution in [-0.2, 0) is 4.79 Å². The number of aliphatic carboxylic acids is 1. The number of hydrogen-bond donors (Lipinski definition) is 1. The first-order chi connectivity index (χ1) is 5.22. The summed E-state index contributed by atoms with van der Waals surface area (Å²) in [5, 5.41) is 9.52. The summed E-state index contributed by atoms with van der Waals surface area (Å²) in [7, 11) is 0. The fraction of sp³-hybridized carbons (Fsp3) is 0.625. The van der Waals surface area contributed by atoms with Crippen LogP contribution in [0.4, 0.5) is 0 Å². The molecule has 0 amide bonds. The zero-order valence-electron chi connectivity index (χ0n) is 6.64. The highest BCUT2D eigenvalue weighted by Gasteiger charge is 2.01. The average Bonchev–Trinajstić information content (AvgIpc) is 1.97. The summed E-state index contributed by atoms with van der Waals surface area (Å²) < 4.78 is 0. The number of halogens is 1. The normalized spacial score (nSPS) is 11.6. The molecule has 0 aromatic carbocycles. The molecular weight excluding hydrogens is 208 g/mol. The summed E-state index contributed by atoms with van der Waals surface area (Å²) in [6.45, 7) is 1.86. The second-order valence-corrected chi connectivity index (χ2v) is 3.01. The van der Waals surface area contributed by atoms with Gasteiger partial charge in [-0.15, -0.1) is 0 Å². The Hall–Kier alpha value is -0.310. The molecule has 3 heteroatoms. The largest absolute Gasteiger partial charge is 0.478 e. The Kier molecular flexibility index (Phi) is 6.22. The number of alkyl halides is 1. The second kappa shape index (κ2) is 6.40. The van der Waals surface area contributed by atoms with Crippen LogP contribution in [0.2, 0.25) is 0 Å². The Morgan fingerprint density at radius 1 is 1.64 bits per heavy atom. The predicted octanol–water partition coefficient (Wildman–Crippen LogP) is 2.58. The zero-order chi connectivity index (χ0) is 8.69. The van der Waals surface area contributed by atoms with Crippen molar-refractivity contribution in [1.82, 2.24) is 0 Å². The standard InChI is InChI=1S/C8H13BrO2/c1-2-7(8(10)11)5-3-4-6-9/h5H,2-4,6H2,1H3,(H,10,11)/b7-5+. The van der Waals surface area contributed by atoms with Gasteiger partial charge in [-0.25, -0.2) is 4.79 Å². The van der Waals surface area contributed by atoms with Gasteiger partial charge in [-0.3, -0.25) is 0 Å². The van der Waals surface area contributed by atoms with Gasteiger partial charge in [0.05, 0.1) is 0 Å². The molecule has 0 saturated heterocycles. The molecule has 0 aromatic rings. The fourth-order valence-corrected chi connectivity index (χ4v) is 1.06. The van der Waals surface area contributed by atoms with Crippen LogP contribution in [0.25, 0.3) is 0 Å². The number of unbranched alkanes of at least 4 members (excludes halogenated alkanes) is 1. The van der Waals surface area contributed by atoms with E-state index in [-0.39, 0.29) is 0 Å². The van der Waals surface area contributed by atoms with Crippen molar-refractivity contribution in [3.63, 3.8) is 0 Å². The molecule has 11 heavy (non-hydrogen) atoms. The van der Waals surface area contributed by atoms with E-state index in [4.69, 9.17) is 5.11 Å². The number of allylic oxidation sites excluding steroid dienone is 1. The maximum Gasteiger partial charge on any atom is 0.331 e. The number of carbonyl (C=O) groups is 1. The van der Waals surface area contributed by atoms with Crippen LogP contribution in [0.5, 0.6) is 0 Å². The summed E-state index contributed by atoms with van der Waals surface area (Å²) in [5.74, 6) is -0.790. The van der Waals surface area contributed by atoms with Crippen LogP contribution in [0.1, 0.15) is 26.2 Å². The quantitative estimate of drug-likeness (QED) is 0.440. The van der Waals surface area contributed by atoms with Crippen LogP contribution in [0, 0.1) is 0 Å². The maximum atomic E-state index is 10.4. The molecule has 64 valence electrons. The molecule has 0 atom stereocenters. The number of hydrogen-bond acceptors (Lipinski definition) is 1. The Morgan fingerprint density at radius 3 is 2.64 bits per heavy atom. The summed E-state index contributed by atoms with van der Waals surface area (Å²) in [6, 6.07) is 0. The third kappa shape index (κ3) is 5.01. The Balaban J connectivity index is 3.81. The van der Waals surface area contributed by atoms with Crippen molar-refractivity contribution < 1.29 is 9.90 Å². The first-order valence-corrected chi connectivity index (χ1v) is 4.82. The van der Waals surface area contributed by atoms with Gasteiger partial charge in [-0.1, -0.05) is 28.9 Å². The van der Waals surface area contributed by atoms with Crippen molar-refractivity contribution >= 4 is 21.9 Å². The second-order valence-electron chi connectivity index (χ2n) is 2.22. The summed E-state index contributed by atoms with van der Waals surface area (Å²) >= 11 is 3.28. The SMILES string of the molecule is CC/C(=C\CCCBr)C(=O)O. The van der Waals surface area contributed by atoms with Gasteiger partial charge >= 0.3 is 5.97 Å². The lowest BCUT2D eigenvalue weighted by Gasteiger charge is -1.95. The minimum Gasteiger partial charge on any atom is -0.478 e. The van der Waals surface area contributed by atoms with Crippen LogP contribution >= 0.6 is 15.9 Å². The number of carboxylic acid groups (broad SMARTS) is 1. The lowest BCUT2D eigenvalue weighted by atomic mass is 10.1. The van der Waals surface area contributed by atoms with Crippen molar-refractivity contribution in [2.75, 3.05) is 5.33 Å². The fourth-order valence-electron chi connectivity index (χ4n) is 0.736. The molecule has 0 aliphatic heterocycles. The molecule has 0 heterocycles. The first kappa shape index (κ1) is 10.7. The lowest BCUT2D eigenvalue weighted by Crippen LogP contribution is -1.98. The van der Waals surface area contributed by atoms with Gasteiger partial charge in [0.25, 0.3) is 0 Å². The molecule has 0 bridgehead atoms. The molecular formula is C8H13BrO2. The van der Waals surface area contributed by atoms with E-state index in [0.29, 0.717) is 12.0 Å². The first-order valence-electron chi connectivity index (χ1n) is 3.70. The van der Waals surface area contributed by atoms with Gasteiger partial charge in [-0.05, 0) is 19.3 Å². The zero-order valence-corrected chi connectivity index (χ0v) is 8.23. The Bertz CT molecular complexity index is 152. The maximum absolute atomic E-state index is 10.4. The molecule has 0 spiro atoms. The van der Waals surface area contributed by atoms with Gasteiger partial charge in [0, 0.05) is 10.9 Å². The van der Waals surface area contributed by atoms with E-state index < -0.39 is 5.97 Å². The molecule has 0 aliphatic carbocycles. The third-order valence-electron chi connectivity index (χ3n) is 1.38. The van der Waals surface area contributed by atoms with Crippen LogP contribution in [0.3, 0.4) is 0 Å². The van der Waals surface area contributed by atoms with Crippen molar-refractivity contribution in [2.24, 2.45) is 0 Å². The van der Waals surface area contributed by atoms with E-state index >= 15 is 0 Å². The lowest BCUT2D eigenvalue weighted by molar-refractivity contribution is -0.132. The van der Waals surface area contributed by atoms with E-state index in [2.05, 4.69) is 15.9 Å². The average molecular weight is 221 g/mol. The van der Waals surface area contributed by atoms with Crippen LogP contribution in [0.15, 0.2) is 11.6 Å². The molecule has 0 aromatic heterocycles. The van der Waals surface area contributed by atoms with Gasteiger partial charge in [0.2, 0.25) is 0 Å². The smallest absolute Gasteiger partial charge is 0.331 e. The van der Waals surface area contributed by atoms with E-state index in [0.717, 1.165) is 18.2 Å². The van der Waals surface area contributed by atoms with Crippen molar-refractivity contribution in [2.45, 2.75) is 26.2 Å². The van der Waals surface area contributed by atoms with E-state index in [1.165, 1.54) is 0 Å². The van der Waals surface area contributed by atoms with Crippen molar-refractivity contribution in [3.05, 3.63) is 11.6 Å². The predicted molar refractivity (Wildman–Crippen MR) is 49.0 cm³/mol. The van der Waals surface area contributed by atoms with Gasteiger partial charge in [0.15, 0.2) is 0 Å².